The molecule has 4 atom stereocenters. The van der Waals surface area contributed by atoms with Crippen molar-refractivity contribution in [1.29, 1.82) is 0 Å². The standard InChI is InChI=1S/C24H34N2O/c1-17(27)25-23-8-9-24(22-5-3-2-4-21(22)23)10-12-26(13-11-24)16-20-15-18-6-7-19(20)14-18/h2-5,18-20,23H,6-16H2,1H3,(H,25,27)/t18?,19?,20?,23-/m0/s1. The van der Waals surface area contributed by atoms with Crippen LogP contribution in [0.2, 0.25) is 0 Å². The average Bonchev–Trinajstić information content (AvgIpc) is 3.29. The fraction of sp³-hybridized carbons (Fsp3) is 0.708. The minimum absolute atomic E-state index is 0.0893. The van der Waals surface area contributed by atoms with Gasteiger partial charge in [0.2, 0.25) is 5.91 Å². The van der Waals surface area contributed by atoms with E-state index in [2.05, 4.69) is 34.5 Å². The molecule has 2 saturated carbocycles. The van der Waals surface area contributed by atoms with E-state index in [1.807, 2.05) is 0 Å². The predicted molar refractivity (Wildman–Crippen MR) is 109 cm³/mol. The van der Waals surface area contributed by atoms with Crippen LogP contribution in [0.25, 0.3) is 0 Å². The lowest BCUT2D eigenvalue weighted by molar-refractivity contribution is -0.119. The lowest BCUT2D eigenvalue weighted by atomic mass is 9.63. The highest BCUT2D eigenvalue weighted by atomic mass is 16.1. The van der Waals surface area contributed by atoms with Crippen LogP contribution in [0.1, 0.15) is 75.5 Å². The van der Waals surface area contributed by atoms with E-state index in [9.17, 15) is 4.79 Å². The van der Waals surface area contributed by atoms with Gasteiger partial charge in [0.05, 0.1) is 6.04 Å². The number of rotatable bonds is 3. The summed E-state index contributed by atoms with van der Waals surface area (Å²) in [6.45, 7) is 5.51. The van der Waals surface area contributed by atoms with Crippen LogP contribution < -0.4 is 5.32 Å². The first-order chi connectivity index (χ1) is 13.1. The Bertz CT molecular complexity index is 706. The molecule has 0 aromatic heterocycles. The third-order valence-corrected chi connectivity index (χ3v) is 8.39. The van der Waals surface area contributed by atoms with E-state index in [-0.39, 0.29) is 11.9 Å². The zero-order valence-corrected chi connectivity index (χ0v) is 16.8. The van der Waals surface area contributed by atoms with E-state index in [1.54, 1.807) is 6.92 Å². The zero-order chi connectivity index (χ0) is 18.4. The molecule has 1 N–H and O–H groups in total. The molecule has 1 heterocycles. The number of hydrogen-bond donors (Lipinski definition) is 1. The fourth-order valence-electron chi connectivity index (χ4n) is 7.00. The third kappa shape index (κ3) is 3.22. The Morgan fingerprint density at radius 2 is 1.93 bits per heavy atom. The molecule has 1 saturated heterocycles. The monoisotopic (exact) mass is 366 g/mol. The average molecular weight is 367 g/mol. The Kier molecular flexibility index (Phi) is 4.54. The molecular formula is C24H34N2O. The quantitative estimate of drug-likeness (QED) is 0.858. The molecule has 1 aliphatic heterocycles. The molecule has 4 aliphatic rings. The third-order valence-electron chi connectivity index (χ3n) is 8.39. The number of benzene rings is 1. The lowest BCUT2D eigenvalue weighted by Gasteiger charge is -2.48. The van der Waals surface area contributed by atoms with Crippen molar-refractivity contribution in [1.82, 2.24) is 10.2 Å². The smallest absolute Gasteiger partial charge is 0.217 e. The molecule has 5 rings (SSSR count). The number of carbonyl (C=O) groups excluding carboxylic acids is 1. The molecule has 1 amide bonds. The van der Waals surface area contributed by atoms with Gasteiger partial charge >= 0.3 is 0 Å². The van der Waals surface area contributed by atoms with Gasteiger partial charge in [-0.3, -0.25) is 4.79 Å². The van der Waals surface area contributed by atoms with Crippen LogP contribution in [0, 0.1) is 17.8 Å². The van der Waals surface area contributed by atoms with Crippen molar-refractivity contribution in [2.45, 2.75) is 69.7 Å². The number of nitrogens with zero attached hydrogens (tertiary/aromatic N) is 1. The molecule has 1 spiro atoms. The van der Waals surface area contributed by atoms with Gasteiger partial charge in [0.15, 0.2) is 0 Å². The van der Waals surface area contributed by atoms with Gasteiger partial charge in [0.1, 0.15) is 0 Å². The number of fused-ring (bicyclic) bond motifs is 4. The highest BCUT2D eigenvalue weighted by molar-refractivity contribution is 5.73. The van der Waals surface area contributed by atoms with Gasteiger partial charge in [-0.05, 0) is 92.3 Å². The van der Waals surface area contributed by atoms with Gasteiger partial charge in [-0.2, -0.15) is 0 Å². The second-order valence-electron chi connectivity index (χ2n) is 9.89. The van der Waals surface area contributed by atoms with Crippen molar-refractivity contribution >= 4 is 5.91 Å². The van der Waals surface area contributed by atoms with Crippen molar-refractivity contribution in [3.05, 3.63) is 35.4 Å². The summed E-state index contributed by atoms with van der Waals surface area (Å²) in [6.07, 6.45) is 10.9. The summed E-state index contributed by atoms with van der Waals surface area (Å²) >= 11 is 0. The van der Waals surface area contributed by atoms with Gasteiger partial charge in [-0.1, -0.05) is 30.7 Å². The Labute approximate surface area is 163 Å². The Hall–Kier alpha value is -1.35. The number of nitrogens with one attached hydrogen (secondary N) is 1. The molecule has 1 aromatic carbocycles. The normalized spacial score (nSPS) is 34.6. The van der Waals surface area contributed by atoms with E-state index < -0.39 is 0 Å². The first-order valence-electron chi connectivity index (χ1n) is 11.2. The summed E-state index contributed by atoms with van der Waals surface area (Å²) in [5.74, 6) is 3.18. The first kappa shape index (κ1) is 17.7. The molecule has 1 aromatic rings. The molecule has 3 aliphatic carbocycles. The second kappa shape index (κ2) is 6.92. The molecule has 3 nitrogen and oxygen atoms in total. The number of likely N-dealkylation sites (tertiary alicyclic amines) is 1. The maximum absolute atomic E-state index is 11.6. The molecule has 146 valence electrons. The molecule has 27 heavy (non-hydrogen) atoms. The lowest BCUT2D eigenvalue weighted by Crippen LogP contribution is -2.47. The van der Waals surface area contributed by atoms with Crippen molar-refractivity contribution in [2.75, 3.05) is 19.6 Å². The minimum Gasteiger partial charge on any atom is -0.350 e. The van der Waals surface area contributed by atoms with Crippen molar-refractivity contribution in [2.24, 2.45) is 17.8 Å². The van der Waals surface area contributed by atoms with Gasteiger partial charge in [0, 0.05) is 13.5 Å². The molecule has 3 heteroatoms. The van der Waals surface area contributed by atoms with E-state index in [0.717, 1.165) is 24.2 Å². The molecule has 0 radical (unpaired) electrons. The second-order valence-corrected chi connectivity index (χ2v) is 9.89. The van der Waals surface area contributed by atoms with Gasteiger partial charge < -0.3 is 10.2 Å². The van der Waals surface area contributed by atoms with Crippen LogP contribution in [0.5, 0.6) is 0 Å². The predicted octanol–water partition coefficient (Wildman–Crippen LogP) is 4.43. The zero-order valence-electron chi connectivity index (χ0n) is 16.8. The summed E-state index contributed by atoms with van der Waals surface area (Å²) in [5, 5.41) is 3.18. The minimum atomic E-state index is 0.0893. The largest absolute Gasteiger partial charge is 0.350 e. The van der Waals surface area contributed by atoms with E-state index in [0.29, 0.717) is 5.41 Å². The Morgan fingerprint density at radius 1 is 1.11 bits per heavy atom. The molecular weight excluding hydrogens is 332 g/mol. The van der Waals surface area contributed by atoms with Crippen LogP contribution >= 0.6 is 0 Å². The maximum Gasteiger partial charge on any atom is 0.217 e. The number of carbonyl (C=O) groups is 1. The first-order valence-corrected chi connectivity index (χ1v) is 11.2. The van der Waals surface area contributed by atoms with E-state index in [4.69, 9.17) is 0 Å². The van der Waals surface area contributed by atoms with E-state index in [1.165, 1.54) is 75.7 Å². The highest BCUT2D eigenvalue weighted by Gasteiger charge is 2.44. The molecule has 3 fully saturated rings. The summed E-state index contributed by atoms with van der Waals surface area (Å²) in [7, 11) is 0. The Morgan fingerprint density at radius 3 is 2.63 bits per heavy atom. The number of piperidine rings is 1. The topological polar surface area (TPSA) is 32.3 Å². The van der Waals surface area contributed by atoms with Crippen molar-refractivity contribution < 1.29 is 4.79 Å². The Balaban J connectivity index is 1.28. The molecule has 2 bridgehead atoms. The van der Waals surface area contributed by atoms with Gasteiger partial charge in [-0.15, -0.1) is 0 Å². The van der Waals surface area contributed by atoms with Crippen LogP contribution in [-0.2, 0) is 10.2 Å². The van der Waals surface area contributed by atoms with E-state index >= 15 is 0 Å². The summed E-state index contributed by atoms with van der Waals surface area (Å²) in [5.41, 5.74) is 3.24. The van der Waals surface area contributed by atoms with Crippen molar-refractivity contribution in [3.63, 3.8) is 0 Å². The maximum atomic E-state index is 11.6. The summed E-state index contributed by atoms with van der Waals surface area (Å²) in [6, 6.07) is 9.12. The highest BCUT2D eigenvalue weighted by Crippen LogP contribution is 2.50. The SMILES string of the molecule is CC(=O)N[C@H]1CCC2(CCN(CC3CC4CCC3C4)CC2)c2ccccc21. The number of amides is 1. The van der Waals surface area contributed by atoms with Gasteiger partial charge in [0.25, 0.3) is 0 Å². The van der Waals surface area contributed by atoms with Crippen LogP contribution in [0.3, 0.4) is 0 Å². The summed E-state index contributed by atoms with van der Waals surface area (Å²) < 4.78 is 0. The van der Waals surface area contributed by atoms with Crippen LogP contribution in [0.4, 0.5) is 0 Å². The van der Waals surface area contributed by atoms with Crippen LogP contribution in [-0.4, -0.2) is 30.4 Å². The fourth-order valence-corrected chi connectivity index (χ4v) is 7.00. The van der Waals surface area contributed by atoms with Crippen molar-refractivity contribution in [3.8, 4) is 0 Å². The summed E-state index contributed by atoms with van der Waals surface area (Å²) in [4.78, 5) is 14.4. The molecule has 3 unspecified atom stereocenters. The van der Waals surface area contributed by atoms with Gasteiger partial charge in [-0.25, -0.2) is 0 Å². The van der Waals surface area contributed by atoms with Crippen LogP contribution in [0.15, 0.2) is 24.3 Å². The number of hydrogen-bond acceptors (Lipinski definition) is 2.